The Balaban J connectivity index is 1.45. The van der Waals surface area contributed by atoms with Gasteiger partial charge in [0.25, 0.3) is 5.56 Å². The lowest BCUT2D eigenvalue weighted by atomic mass is 10.1. The van der Waals surface area contributed by atoms with Crippen LogP contribution in [-0.4, -0.2) is 49.5 Å². The Bertz CT molecular complexity index is 1080. The summed E-state index contributed by atoms with van der Waals surface area (Å²) in [5, 5.41) is 0. The van der Waals surface area contributed by atoms with Gasteiger partial charge in [-0.15, -0.1) is 0 Å². The van der Waals surface area contributed by atoms with E-state index in [1.54, 1.807) is 20.0 Å². The second kappa shape index (κ2) is 8.34. The number of carbonyl (C=O) groups excluding carboxylic acids is 1. The lowest BCUT2D eigenvalue weighted by Crippen LogP contribution is -2.56. The Labute approximate surface area is 168 Å². The lowest BCUT2D eigenvalue weighted by molar-refractivity contribution is -0.139. The van der Waals surface area contributed by atoms with Gasteiger partial charge < -0.3 is 14.2 Å². The van der Waals surface area contributed by atoms with Crippen molar-refractivity contribution in [3.05, 3.63) is 58.3 Å². The third-order valence-electron chi connectivity index (χ3n) is 4.74. The number of nitrogens with zero attached hydrogens (tertiary/aromatic N) is 2. The van der Waals surface area contributed by atoms with Crippen molar-refractivity contribution in [3.63, 3.8) is 0 Å². The number of hydrogen-bond acceptors (Lipinski definition) is 5. The van der Waals surface area contributed by atoms with E-state index in [0.717, 1.165) is 17.8 Å². The molecule has 8 nitrogen and oxygen atoms in total. The summed E-state index contributed by atoms with van der Waals surface area (Å²) in [6.45, 7) is 2.37. The topological polar surface area (TPSA) is 97.7 Å². The molecule has 3 rings (SSSR count). The highest BCUT2D eigenvalue weighted by atomic mass is 32.2. The number of likely N-dealkylation sites (tertiary alicyclic amines) is 1. The third kappa shape index (κ3) is 4.83. The van der Waals surface area contributed by atoms with E-state index in [1.807, 2.05) is 0 Å². The van der Waals surface area contributed by atoms with E-state index in [0.29, 0.717) is 18.8 Å². The zero-order chi connectivity index (χ0) is 21.2. The molecule has 1 aliphatic rings. The molecular formula is C19H22FN3O5S. The molecule has 0 bridgehead atoms. The second-order valence-corrected chi connectivity index (χ2v) is 8.58. The summed E-state index contributed by atoms with van der Waals surface area (Å²) in [4.78, 5) is 25.0. The van der Waals surface area contributed by atoms with Crippen LogP contribution >= 0.6 is 0 Å². The summed E-state index contributed by atoms with van der Waals surface area (Å²) >= 11 is 0. The van der Waals surface area contributed by atoms with Crippen LogP contribution in [0.4, 0.5) is 4.39 Å². The number of ether oxygens (including phenoxy) is 1. The molecule has 0 radical (unpaired) electrons. The van der Waals surface area contributed by atoms with Gasteiger partial charge in [0.05, 0.1) is 13.1 Å². The maximum Gasteiger partial charge on any atom is 0.254 e. The number of benzene rings is 1. The van der Waals surface area contributed by atoms with Crippen molar-refractivity contribution >= 4 is 15.9 Å². The first kappa shape index (κ1) is 21.0. The summed E-state index contributed by atoms with van der Waals surface area (Å²) in [6.07, 6.45) is -0.272. The van der Waals surface area contributed by atoms with Crippen molar-refractivity contribution in [2.45, 2.75) is 24.3 Å². The fraction of sp³-hybridized carbons (Fsp3) is 0.368. The van der Waals surface area contributed by atoms with Crippen molar-refractivity contribution in [3.8, 4) is 5.75 Å². The van der Waals surface area contributed by atoms with Crippen LogP contribution in [0.25, 0.3) is 0 Å². The van der Waals surface area contributed by atoms with Crippen molar-refractivity contribution in [2.24, 2.45) is 7.05 Å². The summed E-state index contributed by atoms with van der Waals surface area (Å²) in [6, 6.07) is 8.19. The predicted molar refractivity (Wildman–Crippen MR) is 104 cm³/mol. The van der Waals surface area contributed by atoms with Crippen LogP contribution in [0.5, 0.6) is 5.75 Å². The zero-order valence-corrected chi connectivity index (χ0v) is 16.9. The molecule has 0 aliphatic carbocycles. The number of carbonyl (C=O) groups is 1. The molecule has 0 saturated carbocycles. The Hall–Kier alpha value is -2.72. The maximum atomic E-state index is 13.6. The first-order chi connectivity index (χ1) is 13.7. The number of aromatic nitrogens is 1. The van der Waals surface area contributed by atoms with Gasteiger partial charge in [0.15, 0.2) is 0 Å². The fourth-order valence-electron chi connectivity index (χ4n) is 2.90. The monoisotopic (exact) mass is 423 g/mol. The van der Waals surface area contributed by atoms with Gasteiger partial charge in [-0.1, -0.05) is 12.1 Å². The van der Waals surface area contributed by atoms with E-state index in [-0.39, 0.29) is 30.5 Å². The maximum absolute atomic E-state index is 13.6. The summed E-state index contributed by atoms with van der Waals surface area (Å²) in [5.74, 6) is -0.623. The minimum Gasteiger partial charge on any atom is -0.486 e. The normalized spacial score (nSPS) is 14.5. The van der Waals surface area contributed by atoms with E-state index in [2.05, 4.69) is 4.72 Å². The van der Waals surface area contributed by atoms with Crippen molar-refractivity contribution in [1.29, 1.82) is 0 Å². The van der Waals surface area contributed by atoms with Crippen LogP contribution in [0.3, 0.4) is 0 Å². The molecule has 2 heterocycles. The summed E-state index contributed by atoms with van der Waals surface area (Å²) in [5.41, 5.74) is 0.594. The Morgan fingerprint density at radius 3 is 2.62 bits per heavy atom. The number of halogens is 1. The number of aryl methyl sites for hydroxylation is 1. The highest BCUT2D eigenvalue weighted by Gasteiger charge is 2.32. The van der Waals surface area contributed by atoms with Crippen LogP contribution in [0.15, 0.2) is 46.1 Å². The first-order valence-electron chi connectivity index (χ1n) is 9.03. The molecule has 0 atom stereocenters. The van der Waals surface area contributed by atoms with Gasteiger partial charge in [0.2, 0.25) is 15.9 Å². The van der Waals surface area contributed by atoms with Gasteiger partial charge in [0, 0.05) is 31.8 Å². The van der Waals surface area contributed by atoms with E-state index in [9.17, 15) is 22.4 Å². The van der Waals surface area contributed by atoms with Crippen LogP contribution < -0.4 is 15.0 Å². The van der Waals surface area contributed by atoms with Gasteiger partial charge >= 0.3 is 0 Å². The molecule has 156 valence electrons. The molecule has 1 amide bonds. The highest BCUT2D eigenvalue weighted by Crippen LogP contribution is 2.18. The second-order valence-electron chi connectivity index (χ2n) is 6.85. The molecule has 10 heteroatoms. The van der Waals surface area contributed by atoms with Gasteiger partial charge in [-0.3, -0.25) is 9.59 Å². The van der Waals surface area contributed by atoms with Crippen LogP contribution in [0.1, 0.15) is 12.1 Å². The molecule has 1 aromatic carbocycles. The SMILES string of the molecule is Cc1cc(OC2CN(C(=O)CCNS(=O)(=O)c3ccccc3F)C2)cc(=O)n1C. The standard InChI is InChI=1S/C19H22FN3O5S/c1-13-9-14(10-19(25)22(13)2)28-15-11-23(12-15)18(24)7-8-21-29(26,27)17-6-4-3-5-16(17)20/h3-6,9-10,15,21H,7-8,11-12H2,1-2H3. The van der Waals surface area contributed by atoms with Crippen molar-refractivity contribution < 1.29 is 22.3 Å². The highest BCUT2D eigenvalue weighted by molar-refractivity contribution is 7.89. The quantitative estimate of drug-likeness (QED) is 0.710. The molecule has 2 aromatic rings. The molecule has 29 heavy (non-hydrogen) atoms. The van der Waals surface area contributed by atoms with E-state index in [4.69, 9.17) is 4.74 Å². The minimum absolute atomic E-state index is 0.0502. The molecule has 1 fully saturated rings. The molecule has 0 spiro atoms. The molecule has 1 N–H and O–H groups in total. The molecule has 0 unspecified atom stereocenters. The Kier molecular flexibility index (Phi) is 6.04. The fourth-order valence-corrected chi connectivity index (χ4v) is 4.01. The number of pyridine rings is 1. The van der Waals surface area contributed by atoms with E-state index >= 15 is 0 Å². The molecule has 1 saturated heterocycles. The number of rotatable bonds is 7. The first-order valence-corrected chi connectivity index (χ1v) is 10.5. The third-order valence-corrected chi connectivity index (χ3v) is 6.23. The van der Waals surface area contributed by atoms with Gasteiger partial charge in [-0.05, 0) is 25.1 Å². The average Bonchev–Trinajstić information content (AvgIpc) is 2.62. The smallest absolute Gasteiger partial charge is 0.254 e. The van der Waals surface area contributed by atoms with Crippen LogP contribution in [0, 0.1) is 12.7 Å². The largest absolute Gasteiger partial charge is 0.486 e. The molecule has 1 aromatic heterocycles. The van der Waals surface area contributed by atoms with Gasteiger partial charge in [-0.25, -0.2) is 17.5 Å². The van der Waals surface area contributed by atoms with Crippen molar-refractivity contribution in [1.82, 2.24) is 14.2 Å². The molecule has 1 aliphatic heterocycles. The number of nitrogens with one attached hydrogen (secondary N) is 1. The summed E-state index contributed by atoms with van der Waals surface area (Å²) in [7, 11) is -2.34. The van der Waals surface area contributed by atoms with Crippen LogP contribution in [0.2, 0.25) is 0 Å². The Morgan fingerprint density at radius 2 is 1.97 bits per heavy atom. The van der Waals surface area contributed by atoms with Crippen molar-refractivity contribution in [2.75, 3.05) is 19.6 Å². The average molecular weight is 423 g/mol. The van der Waals surface area contributed by atoms with Crippen LogP contribution in [-0.2, 0) is 21.9 Å². The molecular weight excluding hydrogens is 401 g/mol. The van der Waals surface area contributed by atoms with Gasteiger partial charge in [0.1, 0.15) is 22.6 Å². The number of amides is 1. The zero-order valence-electron chi connectivity index (χ0n) is 16.1. The number of sulfonamides is 1. The Morgan fingerprint density at radius 1 is 1.28 bits per heavy atom. The van der Waals surface area contributed by atoms with E-state index < -0.39 is 20.7 Å². The number of hydrogen-bond donors (Lipinski definition) is 1. The predicted octanol–water partition coefficient (Wildman–Crippen LogP) is 0.791. The lowest BCUT2D eigenvalue weighted by Gasteiger charge is -2.39. The van der Waals surface area contributed by atoms with Gasteiger partial charge in [-0.2, -0.15) is 0 Å². The minimum atomic E-state index is -4.02. The van der Waals surface area contributed by atoms with E-state index in [1.165, 1.54) is 27.7 Å². The summed E-state index contributed by atoms with van der Waals surface area (Å²) < 4.78 is 47.3.